The summed E-state index contributed by atoms with van der Waals surface area (Å²) in [5.41, 5.74) is -1.29. The van der Waals surface area contributed by atoms with Crippen molar-refractivity contribution in [3.05, 3.63) is 93.3 Å². The predicted octanol–water partition coefficient (Wildman–Crippen LogP) is 4.41. The van der Waals surface area contributed by atoms with Crippen LogP contribution in [-0.2, 0) is 12.7 Å². The number of nitrogens with one attached hydrogen (secondary N) is 2. The molecule has 0 saturated heterocycles. The van der Waals surface area contributed by atoms with Crippen LogP contribution < -0.4 is 15.4 Å². The average Bonchev–Trinajstić information content (AvgIpc) is 3.63. The minimum atomic E-state index is -4.68. The van der Waals surface area contributed by atoms with Gasteiger partial charge in [0.2, 0.25) is 5.69 Å². The van der Waals surface area contributed by atoms with Crippen LogP contribution in [0, 0.1) is 23.8 Å². The van der Waals surface area contributed by atoms with Gasteiger partial charge in [0.25, 0.3) is 11.8 Å². The highest BCUT2D eigenvalue weighted by Crippen LogP contribution is 2.30. The van der Waals surface area contributed by atoms with Crippen LogP contribution >= 0.6 is 0 Å². The Morgan fingerprint density at radius 2 is 1.72 bits per heavy atom. The van der Waals surface area contributed by atoms with Crippen molar-refractivity contribution in [1.29, 1.82) is 0 Å². The molecule has 0 spiro atoms. The number of halogens is 5. The number of alkyl halides is 3. The molecule has 1 aliphatic rings. The van der Waals surface area contributed by atoms with Gasteiger partial charge in [0.05, 0.1) is 11.1 Å². The monoisotopic (exact) mass is 505 g/mol. The lowest BCUT2D eigenvalue weighted by Gasteiger charge is -2.12. The number of rotatable bonds is 6. The number of hydrogen-bond acceptors (Lipinski definition) is 3. The van der Waals surface area contributed by atoms with Crippen molar-refractivity contribution in [2.24, 2.45) is 0 Å². The number of pyridine rings is 1. The fraction of sp³-hybridized carbons (Fsp3) is 0.240. The normalized spacial score (nSPS) is 13.4. The standard InChI is InChI=1S/C25H20F5N3O3/c1-13-19(9-15(10-21(13)27)24(35)32-18-4-5-18)22-7-2-14(12-33(22)36)23(34)31-11-16-8-17(25(28,29)30)3-6-20(16)26/h2-3,6-10,12,18H,4-5,11H2,1H3,(H,31,34)(H,32,35). The van der Waals surface area contributed by atoms with Crippen LogP contribution in [0.15, 0.2) is 48.7 Å². The van der Waals surface area contributed by atoms with Crippen LogP contribution in [0.4, 0.5) is 22.0 Å². The molecule has 0 aliphatic heterocycles. The molecular weight excluding hydrogens is 485 g/mol. The number of nitrogens with zero attached hydrogens (tertiary/aromatic N) is 1. The first-order chi connectivity index (χ1) is 16.9. The molecule has 1 heterocycles. The molecule has 1 aliphatic carbocycles. The van der Waals surface area contributed by atoms with Crippen LogP contribution in [0.25, 0.3) is 11.3 Å². The SMILES string of the molecule is Cc1c(F)cc(C(=O)NC2CC2)cc1-c1ccc(C(=O)NCc2cc(C(F)(F)F)ccc2F)c[n+]1[O-]. The smallest absolute Gasteiger partial charge is 0.416 e. The first kappa shape index (κ1) is 25.1. The first-order valence-corrected chi connectivity index (χ1v) is 10.9. The summed E-state index contributed by atoms with van der Waals surface area (Å²) >= 11 is 0. The summed E-state index contributed by atoms with van der Waals surface area (Å²) in [6.45, 7) is 0.898. The molecule has 36 heavy (non-hydrogen) atoms. The van der Waals surface area contributed by atoms with Gasteiger partial charge in [0.15, 0.2) is 6.20 Å². The summed E-state index contributed by atoms with van der Waals surface area (Å²) in [5.74, 6) is -2.91. The summed E-state index contributed by atoms with van der Waals surface area (Å²) < 4.78 is 67.4. The largest absolute Gasteiger partial charge is 0.618 e. The second-order valence-electron chi connectivity index (χ2n) is 8.49. The van der Waals surface area contributed by atoms with Crippen molar-refractivity contribution < 1.29 is 36.3 Å². The zero-order valence-electron chi connectivity index (χ0n) is 18.9. The molecule has 2 N–H and O–H groups in total. The van der Waals surface area contributed by atoms with Crippen LogP contribution in [-0.4, -0.2) is 17.9 Å². The van der Waals surface area contributed by atoms with Crippen molar-refractivity contribution >= 4 is 11.8 Å². The molecule has 1 aromatic heterocycles. The number of amides is 2. The summed E-state index contributed by atoms with van der Waals surface area (Å²) in [4.78, 5) is 24.8. The number of benzene rings is 2. The van der Waals surface area contributed by atoms with E-state index in [-0.39, 0.29) is 39.6 Å². The Bertz CT molecular complexity index is 1350. The fourth-order valence-corrected chi connectivity index (χ4v) is 3.56. The highest BCUT2D eigenvalue weighted by molar-refractivity contribution is 5.96. The Kier molecular flexibility index (Phi) is 6.66. The second-order valence-corrected chi connectivity index (χ2v) is 8.49. The lowest BCUT2D eigenvalue weighted by atomic mass is 10.00. The van der Waals surface area contributed by atoms with Crippen molar-refractivity contribution in [3.8, 4) is 11.3 Å². The molecule has 0 atom stereocenters. The lowest BCUT2D eigenvalue weighted by molar-refractivity contribution is -0.593. The minimum Gasteiger partial charge on any atom is -0.618 e. The lowest BCUT2D eigenvalue weighted by Crippen LogP contribution is -2.33. The molecule has 0 bridgehead atoms. The summed E-state index contributed by atoms with van der Waals surface area (Å²) in [7, 11) is 0. The summed E-state index contributed by atoms with van der Waals surface area (Å²) in [6.07, 6.45) is -2.08. The Balaban J connectivity index is 1.54. The third-order valence-corrected chi connectivity index (χ3v) is 5.78. The van der Waals surface area contributed by atoms with E-state index in [1.807, 2.05) is 0 Å². The molecule has 3 aromatic rings. The third kappa shape index (κ3) is 5.45. The topological polar surface area (TPSA) is 85.1 Å². The van der Waals surface area contributed by atoms with E-state index in [1.165, 1.54) is 25.1 Å². The van der Waals surface area contributed by atoms with Gasteiger partial charge in [0.1, 0.15) is 17.2 Å². The quantitative estimate of drug-likeness (QED) is 0.296. The van der Waals surface area contributed by atoms with Gasteiger partial charge in [-0.3, -0.25) is 9.59 Å². The molecule has 4 rings (SSSR count). The fourth-order valence-electron chi connectivity index (χ4n) is 3.56. The highest BCUT2D eigenvalue weighted by atomic mass is 19.4. The third-order valence-electron chi connectivity index (χ3n) is 5.78. The van der Waals surface area contributed by atoms with Crippen LogP contribution in [0.5, 0.6) is 0 Å². The maximum absolute atomic E-state index is 14.5. The molecule has 0 radical (unpaired) electrons. The predicted molar refractivity (Wildman–Crippen MR) is 119 cm³/mol. The maximum Gasteiger partial charge on any atom is 0.416 e. The molecular formula is C25H20F5N3O3. The van der Waals surface area contributed by atoms with Crippen molar-refractivity contribution in [1.82, 2.24) is 10.6 Å². The molecule has 2 aromatic carbocycles. The van der Waals surface area contributed by atoms with E-state index in [2.05, 4.69) is 10.6 Å². The van der Waals surface area contributed by atoms with E-state index in [1.54, 1.807) is 0 Å². The minimum absolute atomic E-state index is 0.0204. The van der Waals surface area contributed by atoms with E-state index in [4.69, 9.17) is 0 Å². The van der Waals surface area contributed by atoms with Crippen molar-refractivity contribution in [2.45, 2.75) is 38.5 Å². The van der Waals surface area contributed by atoms with E-state index in [0.29, 0.717) is 22.9 Å². The van der Waals surface area contributed by atoms with Gasteiger partial charge in [0, 0.05) is 29.8 Å². The zero-order chi connectivity index (χ0) is 26.2. The Morgan fingerprint density at radius 1 is 1.00 bits per heavy atom. The van der Waals surface area contributed by atoms with E-state index in [0.717, 1.165) is 25.1 Å². The van der Waals surface area contributed by atoms with Crippen LogP contribution in [0.1, 0.15) is 50.2 Å². The number of carbonyl (C=O) groups is 2. The van der Waals surface area contributed by atoms with E-state index < -0.39 is 41.7 Å². The van der Waals surface area contributed by atoms with Crippen molar-refractivity contribution in [2.75, 3.05) is 0 Å². The second kappa shape index (κ2) is 9.56. The zero-order valence-corrected chi connectivity index (χ0v) is 18.9. The number of hydrogen-bond donors (Lipinski definition) is 2. The van der Waals surface area contributed by atoms with Gasteiger partial charge < -0.3 is 15.8 Å². The van der Waals surface area contributed by atoms with Gasteiger partial charge in [-0.15, -0.1) is 0 Å². The Morgan fingerprint density at radius 3 is 2.36 bits per heavy atom. The van der Waals surface area contributed by atoms with Crippen LogP contribution in [0.2, 0.25) is 0 Å². The molecule has 1 fully saturated rings. The van der Waals surface area contributed by atoms with Gasteiger partial charge in [-0.05, 0) is 61.7 Å². The Labute approximate surface area is 202 Å². The summed E-state index contributed by atoms with van der Waals surface area (Å²) in [6, 6.07) is 6.89. The van der Waals surface area contributed by atoms with Gasteiger partial charge >= 0.3 is 6.18 Å². The van der Waals surface area contributed by atoms with Gasteiger partial charge in [-0.25, -0.2) is 8.78 Å². The molecule has 1 saturated carbocycles. The van der Waals surface area contributed by atoms with Gasteiger partial charge in [-0.2, -0.15) is 17.9 Å². The number of aromatic nitrogens is 1. The van der Waals surface area contributed by atoms with Crippen molar-refractivity contribution in [3.63, 3.8) is 0 Å². The summed E-state index contributed by atoms with van der Waals surface area (Å²) in [5, 5.41) is 17.7. The molecule has 188 valence electrons. The Hall–Kier alpha value is -4.02. The molecule has 6 nitrogen and oxygen atoms in total. The molecule has 11 heteroatoms. The maximum atomic E-state index is 14.5. The first-order valence-electron chi connectivity index (χ1n) is 10.9. The molecule has 0 unspecified atom stereocenters. The average molecular weight is 505 g/mol. The highest BCUT2D eigenvalue weighted by Gasteiger charge is 2.31. The van der Waals surface area contributed by atoms with Gasteiger partial charge in [-0.1, -0.05) is 0 Å². The van der Waals surface area contributed by atoms with Crippen LogP contribution in [0.3, 0.4) is 0 Å². The number of carbonyl (C=O) groups excluding carboxylic acids is 2. The van der Waals surface area contributed by atoms with E-state index >= 15 is 0 Å². The van der Waals surface area contributed by atoms with E-state index in [9.17, 15) is 36.7 Å². The molecule has 2 amide bonds.